The molecule has 1 aliphatic rings. The van der Waals surface area contributed by atoms with Gasteiger partial charge in [-0.05, 0) is 142 Å². The topological polar surface area (TPSA) is 49.0 Å². The van der Waals surface area contributed by atoms with E-state index in [-0.39, 0.29) is 37.3 Å². The predicted molar refractivity (Wildman–Crippen MR) is 344 cm³/mol. The van der Waals surface area contributed by atoms with Crippen LogP contribution in [0.5, 0.6) is 11.5 Å². The Bertz CT molecular complexity index is 5000. The van der Waals surface area contributed by atoms with Crippen molar-refractivity contribution < 1.29 is 34.8 Å². The summed E-state index contributed by atoms with van der Waals surface area (Å²) in [6.45, 7) is 20.5. The number of hydrogen-bond donors (Lipinski definition) is 0. The SMILES string of the molecule is CC(C)(C)c1ccc(-c2cc(C(C)(C)C)cc3c2-[n+]2[c-]n(-c4[c-]c(Oc5[c-]c6c(cc5)c5ccccc5n6-c5cc(C(C)(C)C)ccn5)ccc4)c4cc(-c5ccc6oc7ccccc7c6c5)cc(c42)-c2ccccc2-c2ccccc2-3)cc1.[Pt]. The average molecular weight is 1280 g/mol. The van der Waals surface area contributed by atoms with Gasteiger partial charge in [0.05, 0.1) is 16.7 Å². The van der Waals surface area contributed by atoms with Crippen LogP contribution in [0.25, 0.3) is 128 Å². The molecular weight excluding hydrogens is 1220 g/mol. The second-order valence-electron chi connectivity index (χ2n) is 25.7. The molecule has 0 fully saturated rings. The number of hydrogen-bond acceptors (Lipinski definition) is 3. The van der Waals surface area contributed by atoms with E-state index in [1.165, 1.54) is 22.3 Å². The minimum Gasteiger partial charge on any atom is -0.510 e. The molecule has 4 aromatic heterocycles. The largest absolute Gasteiger partial charge is 0.510 e. The molecule has 7 heteroatoms. The molecular formula is C78H62N4O2Pt-2. The average Bonchev–Trinajstić information content (AvgIpc) is 2.07. The molecule has 15 rings (SSSR count). The van der Waals surface area contributed by atoms with Crippen molar-refractivity contribution in [3.05, 3.63) is 248 Å². The number of pyridine rings is 1. The van der Waals surface area contributed by atoms with Gasteiger partial charge in [-0.2, -0.15) is 18.2 Å². The summed E-state index contributed by atoms with van der Waals surface area (Å²) >= 11 is 0. The van der Waals surface area contributed by atoms with Gasteiger partial charge in [0.2, 0.25) is 0 Å². The number of furan rings is 1. The molecule has 0 atom stereocenters. The molecule has 10 aromatic carbocycles. The Morgan fingerprint density at radius 2 is 1.06 bits per heavy atom. The van der Waals surface area contributed by atoms with Gasteiger partial charge < -0.3 is 18.3 Å². The van der Waals surface area contributed by atoms with E-state index in [0.29, 0.717) is 11.5 Å². The Morgan fingerprint density at radius 3 is 1.79 bits per heavy atom. The summed E-state index contributed by atoms with van der Waals surface area (Å²) in [6.07, 6.45) is 5.99. The molecule has 418 valence electrons. The first-order valence-corrected chi connectivity index (χ1v) is 29.1. The van der Waals surface area contributed by atoms with Gasteiger partial charge in [-0.3, -0.25) is 4.57 Å². The third-order valence-corrected chi connectivity index (χ3v) is 17.1. The van der Waals surface area contributed by atoms with E-state index in [9.17, 15) is 0 Å². The predicted octanol–water partition coefficient (Wildman–Crippen LogP) is 20.0. The fraction of sp³-hybridized carbons (Fsp3) is 0.154. The third-order valence-electron chi connectivity index (χ3n) is 17.1. The molecule has 0 unspecified atom stereocenters. The van der Waals surface area contributed by atoms with Crippen molar-refractivity contribution in [1.29, 1.82) is 0 Å². The van der Waals surface area contributed by atoms with Gasteiger partial charge in [-0.1, -0.05) is 201 Å². The smallest absolute Gasteiger partial charge is 0.268 e. The van der Waals surface area contributed by atoms with E-state index in [1.54, 1.807) is 0 Å². The van der Waals surface area contributed by atoms with E-state index in [4.69, 9.17) is 14.1 Å². The zero-order valence-corrected chi connectivity index (χ0v) is 51.4. The van der Waals surface area contributed by atoms with Crippen LogP contribution in [0.15, 0.2) is 217 Å². The van der Waals surface area contributed by atoms with Crippen LogP contribution in [0.1, 0.15) is 79.0 Å². The first-order chi connectivity index (χ1) is 40.5. The molecule has 0 amide bonds. The Labute approximate surface area is 510 Å². The maximum absolute atomic E-state index is 6.92. The zero-order chi connectivity index (χ0) is 57.4. The van der Waals surface area contributed by atoms with Gasteiger partial charge in [-0.15, -0.1) is 29.7 Å². The molecule has 85 heavy (non-hydrogen) atoms. The number of rotatable bonds is 6. The van der Waals surface area contributed by atoms with Crippen LogP contribution < -0.4 is 9.30 Å². The molecule has 1 aliphatic heterocycles. The van der Waals surface area contributed by atoms with E-state index in [1.807, 2.05) is 36.5 Å². The second-order valence-corrected chi connectivity index (χ2v) is 25.7. The van der Waals surface area contributed by atoms with Crippen LogP contribution in [0.2, 0.25) is 0 Å². The van der Waals surface area contributed by atoms with Crippen molar-refractivity contribution in [3.8, 4) is 84.3 Å². The minimum absolute atomic E-state index is 0. The molecule has 0 bridgehead atoms. The van der Waals surface area contributed by atoms with Crippen LogP contribution in [-0.4, -0.2) is 14.1 Å². The van der Waals surface area contributed by atoms with E-state index >= 15 is 0 Å². The van der Waals surface area contributed by atoms with Gasteiger partial charge in [0, 0.05) is 55.1 Å². The molecule has 0 radical (unpaired) electrons. The number of imidazole rings is 1. The van der Waals surface area contributed by atoms with Crippen molar-refractivity contribution in [3.63, 3.8) is 0 Å². The summed E-state index contributed by atoms with van der Waals surface area (Å²) in [5.74, 6) is 1.95. The van der Waals surface area contributed by atoms with Crippen LogP contribution >= 0.6 is 0 Å². The standard InChI is InChI=1S/C78H62N4O2.Pt/c1-76(2,3)51-32-29-48(30-33-51)64-42-53(78(7,8)9)43-67-60-24-13-11-22-58(60)57-21-10-12-23-59(57)66-40-50(49-31-36-72-65(39-49)63-26-15-17-28-71(63)84-72)41-70-75(66)81(74(64)67)47-80(70)54-19-18-20-55(45-54)83-56-34-35-62-61-25-14-16-27-68(61)82(69(62)46-56)73-44-52(37-38-79-73)77(4,5)6;/h10-44H,1-9H3;/q-2;. The Balaban J connectivity index is 0.00000640. The fourth-order valence-corrected chi connectivity index (χ4v) is 12.6. The summed E-state index contributed by atoms with van der Waals surface area (Å²) in [7, 11) is 0. The van der Waals surface area contributed by atoms with Gasteiger partial charge in [0.1, 0.15) is 17.0 Å². The van der Waals surface area contributed by atoms with Crippen molar-refractivity contribution in [2.24, 2.45) is 0 Å². The van der Waals surface area contributed by atoms with E-state index in [0.717, 1.165) is 122 Å². The maximum atomic E-state index is 6.92. The second kappa shape index (κ2) is 20.0. The number of ether oxygens (including phenoxy) is 1. The third kappa shape index (κ3) is 9.12. The minimum atomic E-state index is -0.174. The molecule has 0 spiro atoms. The molecule has 14 aromatic rings. The fourth-order valence-electron chi connectivity index (χ4n) is 12.6. The van der Waals surface area contributed by atoms with Gasteiger partial charge >= 0.3 is 0 Å². The quantitative estimate of drug-likeness (QED) is 0.123. The van der Waals surface area contributed by atoms with Crippen molar-refractivity contribution in [1.82, 2.24) is 14.1 Å². The van der Waals surface area contributed by atoms with Gasteiger partial charge in [0.15, 0.2) is 0 Å². The first kappa shape index (κ1) is 53.9. The van der Waals surface area contributed by atoms with Gasteiger partial charge in [0.25, 0.3) is 6.33 Å². The van der Waals surface area contributed by atoms with Crippen LogP contribution in [0.4, 0.5) is 0 Å². The molecule has 0 N–H and O–H groups in total. The number of fused-ring (bicyclic) bond motifs is 13. The first-order valence-electron chi connectivity index (χ1n) is 29.1. The van der Waals surface area contributed by atoms with Gasteiger partial charge in [-0.25, -0.2) is 4.98 Å². The number of aromatic nitrogens is 4. The van der Waals surface area contributed by atoms with Crippen LogP contribution in [-0.2, 0) is 37.3 Å². The Hall–Kier alpha value is -9.09. The molecule has 5 heterocycles. The van der Waals surface area contributed by atoms with Crippen LogP contribution in [0.3, 0.4) is 0 Å². The summed E-state index contributed by atoms with van der Waals surface area (Å²) in [6, 6.07) is 82.0. The Kier molecular flexibility index (Phi) is 12.7. The molecule has 6 nitrogen and oxygen atoms in total. The summed E-state index contributed by atoms with van der Waals surface area (Å²) in [5.41, 5.74) is 22.1. The number of benzene rings is 10. The van der Waals surface area contributed by atoms with Crippen LogP contribution in [0, 0.1) is 18.5 Å². The summed E-state index contributed by atoms with van der Waals surface area (Å²) in [5, 5.41) is 4.35. The van der Waals surface area contributed by atoms with Crippen molar-refractivity contribution >= 4 is 54.8 Å². The summed E-state index contributed by atoms with van der Waals surface area (Å²) < 4.78 is 20.1. The van der Waals surface area contributed by atoms with E-state index < -0.39 is 0 Å². The summed E-state index contributed by atoms with van der Waals surface area (Å²) in [4.78, 5) is 4.93. The molecule has 0 saturated heterocycles. The molecule has 0 saturated carbocycles. The normalized spacial score (nSPS) is 12.4. The monoisotopic (exact) mass is 1280 g/mol. The van der Waals surface area contributed by atoms with Crippen molar-refractivity contribution in [2.45, 2.75) is 78.6 Å². The van der Waals surface area contributed by atoms with Crippen molar-refractivity contribution in [2.75, 3.05) is 0 Å². The maximum Gasteiger partial charge on any atom is 0.268 e. The number of nitrogens with zero attached hydrogens (tertiary/aromatic N) is 4. The van der Waals surface area contributed by atoms with E-state index in [2.05, 4.69) is 270 Å². The molecule has 0 aliphatic carbocycles. The Morgan fingerprint density at radius 1 is 0.435 bits per heavy atom. The zero-order valence-electron chi connectivity index (χ0n) is 49.1. The number of para-hydroxylation sites is 2.